The van der Waals surface area contributed by atoms with E-state index >= 15 is 0 Å². The van der Waals surface area contributed by atoms with E-state index in [1.165, 1.54) is 0 Å². The molecule has 17 heavy (non-hydrogen) atoms. The van der Waals surface area contributed by atoms with Crippen LogP contribution in [0.15, 0.2) is 30.6 Å². The highest BCUT2D eigenvalue weighted by molar-refractivity contribution is 5.57. The van der Waals surface area contributed by atoms with E-state index in [2.05, 4.69) is 41.3 Å². The van der Waals surface area contributed by atoms with Crippen LogP contribution in [0.5, 0.6) is 0 Å². The second kappa shape index (κ2) is 4.67. The fourth-order valence-corrected chi connectivity index (χ4v) is 1.54. The number of hydrogen-bond acceptors (Lipinski definition) is 3. The molecule has 0 spiro atoms. The molecular formula is C13H18N4. The Morgan fingerprint density at radius 3 is 2.76 bits per heavy atom. The van der Waals surface area contributed by atoms with Gasteiger partial charge in [-0.3, -0.25) is 10.1 Å². The van der Waals surface area contributed by atoms with Crippen molar-refractivity contribution >= 4 is 0 Å². The van der Waals surface area contributed by atoms with Gasteiger partial charge in [-0.2, -0.15) is 5.10 Å². The van der Waals surface area contributed by atoms with Crippen LogP contribution in [0.3, 0.4) is 0 Å². The summed E-state index contributed by atoms with van der Waals surface area (Å²) in [5.41, 5.74) is 3.15. The molecule has 2 heterocycles. The Balaban J connectivity index is 2.18. The number of H-pyrrole nitrogens is 1. The van der Waals surface area contributed by atoms with Gasteiger partial charge in [0.1, 0.15) is 0 Å². The van der Waals surface area contributed by atoms with E-state index in [-0.39, 0.29) is 5.54 Å². The van der Waals surface area contributed by atoms with Gasteiger partial charge in [0, 0.05) is 23.8 Å². The van der Waals surface area contributed by atoms with Crippen LogP contribution in [-0.4, -0.2) is 20.7 Å². The highest BCUT2D eigenvalue weighted by Crippen LogP contribution is 2.18. The summed E-state index contributed by atoms with van der Waals surface area (Å²) in [4.78, 5) is 4.33. The van der Waals surface area contributed by atoms with Crippen molar-refractivity contribution in [1.29, 1.82) is 0 Å². The van der Waals surface area contributed by atoms with Crippen LogP contribution in [0.2, 0.25) is 0 Å². The standard InChI is InChI=1S/C13H18N4/c1-13(2,3)15-8-10-9-16-17-12(10)11-6-4-5-7-14-11/h4-7,9,15H,8H2,1-3H3,(H,16,17). The molecule has 0 saturated heterocycles. The summed E-state index contributed by atoms with van der Waals surface area (Å²) in [7, 11) is 0. The molecule has 0 fully saturated rings. The molecule has 0 aliphatic heterocycles. The first-order valence-corrected chi connectivity index (χ1v) is 5.75. The van der Waals surface area contributed by atoms with Crippen LogP contribution >= 0.6 is 0 Å². The predicted octanol–water partition coefficient (Wildman–Crippen LogP) is 2.36. The Kier molecular flexibility index (Phi) is 3.24. The Morgan fingerprint density at radius 1 is 1.29 bits per heavy atom. The van der Waals surface area contributed by atoms with Gasteiger partial charge in [-0.1, -0.05) is 6.07 Å². The molecule has 2 rings (SSSR count). The maximum absolute atomic E-state index is 4.33. The predicted molar refractivity (Wildman–Crippen MR) is 68.4 cm³/mol. The molecule has 90 valence electrons. The van der Waals surface area contributed by atoms with E-state index in [1.54, 1.807) is 6.20 Å². The largest absolute Gasteiger partial charge is 0.308 e. The van der Waals surface area contributed by atoms with Gasteiger partial charge in [0.05, 0.1) is 17.6 Å². The minimum atomic E-state index is 0.0959. The summed E-state index contributed by atoms with van der Waals surface area (Å²) >= 11 is 0. The van der Waals surface area contributed by atoms with Crippen molar-refractivity contribution in [1.82, 2.24) is 20.5 Å². The Bertz CT molecular complexity index is 468. The molecule has 0 unspecified atom stereocenters. The topological polar surface area (TPSA) is 53.6 Å². The monoisotopic (exact) mass is 230 g/mol. The highest BCUT2D eigenvalue weighted by Gasteiger charge is 2.12. The van der Waals surface area contributed by atoms with Crippen molar-refractivity contribution in [2.75, 3.05) is 0 Å². The summed E-state index contributed by atoms with van der Waals surface area (Å²) < 4.78 is 0. The van der Waals surface area contributed by atoms with Crippen molar-refractivity contribution in [3.05, 3.63) is 36.2 Å². The first-order chi connectivity index (χ1) is 8.06. The molecule has 0 radical (unpaired) electrons. The zero-order chi connectivity index (χ0) is 12.3. The van der Waals surface area contributed by atoms with Crippen molar-refractivity contribution < 1.29 is 0 Å². The lowest BCUT2D eigenvalue weighted by molar-refractivity contribution is 0.424. The van der Waals surface area contributed by atoms with Gasteiger partial charge in [-0.25, -0.2) is 0 Å². The molecule has 4 nitrogen and oxygen atoms in total. The number of pyridine rings is 1. The van der Waals surface area contributed by atoms with Gasteiger partial charge in [-0.05, 0) is 32.9 Å². The molecule has 2 aromatic rings. The van der Waals surface area contributed by atoms with Crippen molar-refractivity contribution in [3.63, 3.8) is 0 Å². The van der Waals surface area contributed by atoms with E-state index in [9.17, 15) is 0 Å². The molecule has 4 heteroatoms. The second-order valence-electron chi connectivity index (χ2n) is 5.09. The third kappa shape index (κ3) is 3.14. The third-order valence-electron chi connectivity index (χ3n) is 2.45. The van der Waals surface area contributed by atoms with Gasteiger partial charge in [0.15, 0.2) is 0 Å². The molecule has 0 bridgehead atoms. The lowest BCUT2D eigenvalue weighted by atomic mass is 10.1. The second-order valence-corrected chi connectivity index (χ2v) is 5.09. The molecule has 0 atom stereocenters. The minimum absolute atomic E-state index is 0.0959. The molecule has 0 amide bonds. The van der Waals surface area contributed by atoms with Crippen LogP contribution in [0.4, 0.5) is 0 Å². The number of nitrogens with zero attached hydrogens (tertiary/aromatic N) is 2. The van der Waals surface area contributed by atoms with E-state index in [0.29, 0.717) is 0 Å². The number of hydrogen-bond donors (Lipinski definition) is 2. The van der Waals surface area contributed by atoms with Crippen LogP contribution in [-0.2, 0) is 6.54 Å². The van der Waals surface area contributed by atoms with Crippen LogP contribution in [0, 0.1) is 0 Å². The quantitative estimate of drug-likeness (QED) is 0.851. The number of rotatable bonds is 3. The fraction of sp³-hybridized carbons (Fsp3) is 0.385. The van der Waals surface area contributed by atoms with E-state index in [4.69, 9.17) is 0 Å². The maximum Gasteiger partial charge on any atom is 0.0883 e. The summed E-state index contributed by atoms with van der Waals surface area (Å²) in [5, 5.41) is 10.5. The average Bonchev–Trinajstić information content (AvgIpc) is 2.75. The number of aromatic nitrogens is 3. The van der Waals surface area contributed by atoms with Crippen LogP contribution in [0.1, 0.15) is 26.3 Å². The molecular weight excluding hydrogens is 212 g/mol. The van der Waals surface area contributed by atoms with E-state index < -0.39 is 0 Å². The third-order valence-corrected chi connectivity index (χ3v) is 2.45. The molecule has 0 aliphatic carbocycles. The van der Waals surface area contributed by atoms with Gasteiger partial charge < -0.3 is 5.32 Å². The van der Waals surface area contributed by atoms with Crippen molar-refractivity contribution in [2.45, 2.75) is 32.9 Å². The van der Waals surface area contributed by atoms with Gasteiger partial charge in [0.2, 0.25) is 0 Å². The fourth-order valence-electron chi connectivity index (χ4n) is 1.54. The van der Waals surface area contributed by atoms with Gasteiger partial charge >= 0.3 is 0 Å². The lowest BCUT2D eigenvalue weighted by Crippen LogP contribution is -2.35. The zero-order valence-corrected chi connectivity index (χ0v) is 10.5. The summed E-state index contributed by atoms with van der Waals surface area (Å²) in [6.07, 6.45) is 3.64. The minimum Gasteiger partial charge on any atom is -0.308 e. The summed E-state index contributed by atoms with van der Waals surface area (Å²) in [6, 6.07) is 5.87. The SMILES string of the molecule is CC(C)(C)NCc1cn[nH]c1-c1ccccn1. The highest BCUT2D eigenvalue weighted by atomic mass is 15.1. The first kappa shape index (κ1) is 11.8. The zero-order valence-electron chi connectivity index (χ0n) is 10.5. The van der Waals surface area contributed by atoms with E-state index in [0.717, 1.165) is 23.5 Å². The normalized spacial score (nSPS) is 11.7. The van der Waals surface area contributed by atoms with Gasteiger partial charge in [0.25, 0.3) is 0 Å². The smallest absolute Gasteiger partial charge is 0.0883 e. The van der Waals surface area contributed by atoms with Crippen LogP contribution < -0.4 is 5.32 Å². The van der Waals surface area contributed by atoms with E-state index in [1.807, 2.05) is 24.4 Å². The van der Waals surface area contributed by atoms with Crippen molar-refractivity contribution in [2.24, 2.45) is 0 Å². The van der Waals surface area contributed by atoms with Gasteiger partial charge in [-0.15, -0.1) is 0 Å². The summed E-state index contributed by atoms with van der Waals surface area (Å²) in [5.74, 6) is 0. The Hall–Kier alpha value is -1.68. The molecule has 0 aliphatic rings. The molecule has 2 aromatic heterocycles. The number of aromatic amines is 1. The first-order valence-electron chi connectivity index (χ1n) is 5.75. The molecule has 0 saturated carbocycles. The van der Waals surface area contributed by atoms with Crippen LogP contribution in [0.25, 0.3) is 11.4 Å². The molecule has 2 N–H and O–H groups in total. The van der Waals surface area contributed by atoms with Crippen molar-refractivity contribution in [3.8, 4) is 11.4 Å². The Morgan fingerprint density at radius 2 is 2.12 bits per heavy atom. The summed E-state index contributed by atoms with van der Waals surface area (Å²) in [6.45, 7) is 7.22. The average molecular weight is 230 g/mol. The Labute approximate surface area is 101 Å². The number of nitrogens with one attached hydrogen (secondary N) is 2. The maximum atomic E-state index is 4.33. The molecule has 0 aromatic carbocycles. The lowest BCUT2D eigenvalue weighted by Gasteiger charge is -2.20.